The predicted octanol–water partition coefficient (Wildman–Crippen LogP) is 3.51. The number of carbonyl (C=O) groups is 1. The number of fused-ring (bicyclic) bond motifs is 3. The highest BCUT2D eigenvalue weighted by atomic mass is 32.1. The zero-order valence-electron chi connectivity index (χ0n) is 20.1. The average molecular weight is 479 g/mol. The summed E-state index contributed by atoms with van der Waals surface area (Å²) in [6, 6.07) is 7.92. The van der Waals surface area contributed by atoms with Crippen molar-refractivity contribution < 1.29 is 4.79 Å². The van der Waals surface area contributed by atoms with E-state index in [9.17, 15) is 4.79 Å². The van der Waals surface area contributed by atoms with Crippen LogP contribution in [0.4, 0.5) is 11.5 Å². The van der Waals surface area contributed by atoms with Gasteiger partial charge >= 0.3 is 0 Å². The fraction of sp³-hybridized carbons (Fsp3) is 0.500. The number of hydrogen-bond acceptors (Lipinski definition) is 7. The third-order valence-electron chi connectivity index (χ3n) is 7.05. The lowest BCUT2D eigenvalue weighted by Crippen LogP contribution is -2.49. The van der Waals surface area contributed by atoms with Gasteiger partial charge in [-0.25, -0.2) is 9.97 Å². The number of aromatic nitrogens is 2. The Morgan fingerprint density at radius 2 is 1.88 bits per heavy atom. The minimum atomic E-state index is 0.0440. The first-order valence-electron chi connectivity index (χ1n) is 12.3. The summed E-state index contributed by atoms with van der Waals surface area (Å²) in [5.74, 6) is 2.28. The van der Waals surface area contributed by atoms with E-state index in [4.69, 9.17) is 10.7 Å². The number of rotatable bonds is 6. The van der Waals surface area contributed by atoms with Crippen molar-refractivity contribution in [1.82, 2.24) is 19.8 Å². The number of amides is 1. The molecule has 0 radical (unpaired) electrons. The molecule has 8 heteroatoms. The fourth-order valence-electron chi connectivity index (χ4n) is 5.00. The maximum Gasteiger partial charge on any atom is 0.238 e. The largest absolute Gasteiger partial charge is 0.383 e. The highest BCUT2D eigenvalue weighted by molar-refractivity contribution is 7.19. The maximum atomic E-state index is 12.4. The Morgan fingerprint density at radius 3 is 2.65 bits per heavy atom. The molecule has 180 valence electrons. The van der Waals surface area contributed by atoms with Gasteiger partial charge in [-0.15, -0.1) is 11.3 Å². The van der Waals surface area contributed by atoms with Crippen molar-refractivity contribution in [3.05, 3.63) is 46.1 Å². The third kappa shape index (κ3) is 5.24. The van der Waals surface area contributed by atoms with E-state index in [1.165, 1.54) is 22.4 Å². The van der Waals surface area contributed by atoms with Crippen LogP contribution in [0.5, 0.6) is 0 Å². The van der Waals surface area contributed by atoms with E-state index in [1.807, 2.05) is 42.5 Å². The average Bonchev–Trinajstić information content (AvgIpc) is 3.18. The third-order valence-corrected chi connectivity index (χ3v) is 8.20. The van der Waals surface area contributed by atoms with Gasteiger partial charge in [-0.2, -0.15) is 0 Å². The fourth-order valence-corrected chi connectivity index (χ4v) is 6.41. The molecule has 0 saturated carbocycles. The number of nitrogens with one attached hydrogen (secondary N) is 1. The highest BCUT2D eigenvalue weighted by Crippen LogP contribution is 2.39. The normalized spacial score (nSPS) is 19.3. The van der Waals surface area contributed by atoms with Gasteiger partial charge in [0.25, 0.3) is 0 Å². The first kappa shape index (κ1) is 23.2. The number of nitrogens with two attached hydrogens (primary N) is 1. The quantitative estimate of drug-likeness (QED) is 0.564. The van der Waals surface area contributed by atoms with Crippen LogP contribution in [0.15, 0.2) is 24.3 Å². The Bertz CT molecular complexity index is 1170. The smallest absolute Gasteiger partial charge is 0.238 e. The van der Waals surface area contributed by atoms with Gasteiger partial charge in [0, 0.05) is 49.7 Å². The number of anilines is 2. The summed E-state index contributed by atoms with van der Waals surface area (Å²) < 4.78 is 0. The summed E-state index contributed by atoms with van der Waals surface area (Å²) in [5, 5.41) is 4.10. The molecular formula is C26H34N6OS. The summed E-state index contributed by atoms with van der Waals surface area (Å²) in [5.41, 5.74) is 9.83. The summed E-state index contributed by atoms with van der Waals surface area (Å²) >= 11 is 1.81. The Morgan fingerprint density at radius 1 is 1.15 bits per heavy atom. The molecule has 1 aliphatic heterocycles. The van der Waals surface area contributed by atoms with E-state index in [-0.39, 0.29) is 5.91 Å². The van der Waals surface area contributed by atoms with E-state index >= 15 is 0 Å². The van der Waals surface area contributed by atoms with Crippen LogP contribution in [0, 0.1) is 12.8 Å². The van der Waals surface area contributed by atoms with Crippen molar-refractivity contribution in [2.45, 2.75) is 39.5 Å². The number of carbonyl (C=O) groups excluding carboxylic acids is 1. The molecule has 7 nitrogen and oxygen atoms in total. The molecule has 3 N–H and O–H groups in total. The molecule has 1 atom stereocenters. The van der Waals surface area contributed by atoms with Crippen molar-refractivity contribution >= 4 is 39.0 Å². The van der Waals surface area contributed by atoms with Gasteiger partial charge in [0.2, 0.25) is 5.91 Å². The van der Waals surface area contributed by atoms with Gasteiger partial charge in [0.05, 0.1) is 11.9 Å². The van der Waals surface area contributed by atoms with Crippen LogP contribution in [0.3, 0.4) is 0 Å². The molecule has 1 amide bonds. The SMILES string of the molecule is Cc1ccc(NC(=O)CN2CCN(CCc3nc(N)c4c5c(sc4n3)CC(C)CC5)CC2)cc1. The first-order valence-corrected chi connectivity index (χ1v) is 13.1. The molecule has 1 unspecified atom stereocenters. The Balaban J connectivity index is 1.11. The number of thiophene rings is 1. The van der Waals surface area contributed by atoms with Gasteiger partial charge in [0.1, 0.15) is 16.5 Å². The van der Waals surface area contributed by atoms with Gasteiger partial charge in [-0.05, 0) is 49.8 Å². The van der Waals surface area contributed by atoms with E-state index in [0.29, 0.717) is 12.4 Å². The number of nitrogens with zero attached hydrogens (tertiary/aromatic N) is 4. The second-order valence-electron chi connectivity index (χ2n) is 9.84. The molecular weight excluding hydrogens is 444 g/mol. The molecule has 0 bridgehead atoms. The first-order chi connectivity index (χ1) is 16.4. The minimum absolute atomic E-state index is 0.0440. The molecule has 1 fully saturated rings. The van der Waals surface area contributed by atoms with Crippen molar-refractivity contribution in [3.8, 4) is 0 Å². The Hall–Kier alpha value is -2.55. The van der Waals surface area contributed by atoms with Crippen molar-refractivity contribution in [1.29, 1.82) is 0 Å². The predicted molar refractivity (Wildman–Crippen MR) is 139 cm³/mol. The highest BCUT2D eigenvalue weighted by Gasteiger charge is 2.24. The van der Waals surface area contributed by atoms with Gasteiger partial charge < -0.3 is 16.0 Å². The van der Waals surface area contributed by atoms with E-state index in [0.717, 1.165) is 79.6 Å². The van der Waals surface area contributed by atoms with Crippen molar-refractivity contribution in [2.75, 3.05) is 50.3 Å². The second-order valence-corrected chi connectivity index (χ2v) is 10.9. The molecule has 34 heavy (non-hydrogen) atoms. The minimum Gasteiger partial charge on any atom is -0.383 e. The van der Waals surface area contributed by atoms with Gasteiger partial charge in [-0.3, -0.25) is 9.69 Å². The molecule has 2 aliphatic rings. The monoisotopic (exact) mass is 478 g/mol. The van der Waals surface area contributed by atoms with Crippen molar-refractivity contribution in [2.24, 2.45) is 5.92 Å². The van der Waals surface area contributed by atoms with Gasteiger partial charge in [0.15, 0.2) is 0 Å². The van der Waals surface area contributed by atoms with E-state index in [2.05, 4.69) is 27.0 Å². The standard InChI is InChI=1S/C26H34N6OS/c1-17-3-6-19(7-4-17)28-23(33)16-32-13-11-31(12-14-32)10-9-22-29-25(27)24-20-8-5-18(2)15-21(20)34-26(24)30-22/h3-4,6-7,18H,5,8-16H2,1-2H3,(H,28,33)(H2,27,29,30). The molecule has 0 spiro atoms. The lowest BCUT2D eigenvalue weighted by molar-refractivity contribution is -0.117. The molecule has 5 rings (SSSR count). The Labute approximate surface area is 205 Å². The molecule has 1 saturated heterocycles. The van der Waals surface area contributed by atoms with Crippen LogP contribution < -0.4 is 11.1 Å². The molecule has 3 aromatic rings. The number of piperazine rings is 1. The number of hydrogen-bond donors (Lipinski definition) is 2. The van der Waals surface area contributed by atoms with Crippen LogP contribution in [-0.2, 0) is 24.1 Å². The van der Waals surface area contributed by atoms with Crippen LogP contribution >= 0.6 is 11.3 Å². The van der Waals surface area contributed by atoms with Crippen LogP contribution in [0.25, 0.3) is 10.2 Å². The lowest BCUT2D eigenvalue weighted by atomic mass is 9.89. The van der Waals surface area contributed by atoms with Crippen LogP contribution in [0.1, 0.15) is 35.2 Å². The number of aryl methyl sites for hydroxylation is 2. The second kappa shape index (κ2) is 9.98. The summed E-state index contributed by atoms with van der Waals surface area (Å²) in [6.45, 7) is 9.37. The number of nitrogen functional groups attached to an aromatic ring is 1. The van der Waals surface area contributed by atoms with Crippen molar-refractivity contribution in [3.63, 3.8) is 0 Å². The maximum absolute atomic E-state index is 12.4. The molecule has 1 aromatic carbocycles. The Kier molecular flexibility index (Phi) is 6.81. The molecule has 3 heterocycles. The van der Waals surface area contributed by atoms with E-state index < -0.39 is 0 Å². The van der Waals surface area contributed by atoms with Crippen LogP contribution in [0.2, 0.25) is 0 Å². The molecule has 1 aliphatic carbocycles. The zero-order valence-corrected chi connectivity index (χ0v) is 21.0. The summed E-state index contributed by atoms with van der Waals surface area (Å²) in [4.78, 5) is 29.1. The number of benzene rings is 1. The summed E-state index contributed by atoms with van der Waals surface area (Å²) in [6.07, 6.45) is 4.25. The lowest BCUT2D eigenvalue weighted by Gasteiger charge is -2.34. The molecule has 2 aromatic heterocycles. The zero-order chi connectivity index (χ0) is 23.7. The van der Waals surface area contributed by atoms with E-state index in [1.54, 1.807) is 0 Å². The summed E-state index contributed by atoms with van der Waals surface area (Å²) in [7, 11) is 0. The van der Waals surface area contributed by atoms with Crippen LogP contribution in [-0.4, -0.2) is 64.9 Å². The topological polar surface area (TPSA) is 87.4 Å². The van der Waals surface area contributed by atoms with Gasteiger partial charge in [-0.1, -0.05) is 24.6 Å².